The van der Waals surface area contributed by atoms with E-state index in [2.05, 4.69) is 9.84 Å². The molecule has 28 heavy (non-hydrogen) atoms. The lowest BCUT2D eigenvalue weighted by Crippen LogP contribution is -2.17. The van der Waals surface area contributed by atoms with Gasteiger partial charge in [-0.1, -0.05) is 6.07 Å². The van der Waals surface area contributed by atoms with Gasteiger partial charge in [0.15, 0.2) is 0 Å². The minimum Gasteiger partial charge on any atom is -0.478 e. The summed E-state index contributed by atoms with van der Waals surface area (Å²) in [5, 5.41) is 13.6. The topological polar surface area (TPSA) is 64.4 Å². The number of aliphatic carboxylic acids is 1. The van der Waals surface area contributed by atoms with E-state index >= 15 is 0 Å². The largest absolute Gasteiger partial charge is 0.573 e. The number of carboxylic acid groups (broad SMARTS) is 1. The molecule has 1 heterocycles. The number of aryl methyl sites for hydroxylation is 1. The maximum Gasteiger partial charge on any atom is 0.573 e. The van der Waals surface area contributed by atoms with Gasteiger partial charge in [-0.2, -0.15) is 5.10 Å². The molecular weight excluding hydrogens is 380 g/mol. The average Bonchev–Trinajstić information content (AvgIpc) is 2.91. The van der Waals surface area contributed by atoms with Gasteiger partial charge in [-0.05, 0) is 48.4 Å². The van der Waals surface area contributed by atoms with E-state index in [4.69, 9.17) is 5.11 Å². The maximum absolute atomic E-state index is 13.3. The lowest BCUT2D eigenvalue weighted by molar-refractivity contribution is -0.274. The summed E-state index contributed by atoms with van der Waals surface area (Å²) in [5.41, 5.74) is 1.95. The molecule has 0 saturated carbocycles. The Kier molecular flexibility index (Phi) is 5.08. The number of benzene rings is 2. The van der Waals surface area contributed by atoms with Crippen molar-refractivity contribution in [3.8, 4) is 5.75 Å². The molecule has 0 amide bonds. The summed E-state index contributed by atoms with van der Waals surface area (Å²) in [6.07, 6.45) is -2.71. The van der Waals surface area contributed by atoms with E-state index in [1.54, 1.807) is 13.0 Å². The predicted octanol–water partition coefficient (Wildman–Crippen LogP) is 4.53. The Hall–Kier alpha value is -3.36. The molecule has 0 atom stereocenters. The van der Waals surface area contributed by atoms with Gasteiger partial charge in [0.2, 0.25) is 0 Å². The van der Waals surface area contributed by atoms with Crippen molar-refractivity contribution in [1.82, 2.24) is 9.78 Å². The van der Waals surface area contributed by atoms with E-state index in [9.17, 15) is 22.4 Å². The zero-order chi connectivity index (χ0) is 20.5. The van der Waals surface area contributed by atoms with Crippen LogP contribution in [0.15, 0.2) is 42.5 Å². The van der Waals surface area contributed by atoms with Crippen LogP contribution in [-0.2, 0) is 11.3 Å². The highest BCUT2D eigenvalue weighted by molar-refractivity contribution is 5.92. The molecule has 0 saturated heterocycles. The molecule has 5 nitrogen and oxygen atoms in total. The summed E-state index contributed by atoms with van der Waals surface area (Å²) in [5.74, 6) is -2.02. The van der Waals surface area contributed by atoms with Gasteiger partial charge >= 0.3 is 12.3 Å². The molecule has 0 aliphatic rings. The molecule has 0 spiro atoms. The standard InChI is InChI=1S/C19H14F4N2O3/c1-11-8-13(20)3-2-12(11)10-25-17-9-14(28-19(21,22)23)4-5-15(17)16(24-25)6-7-18(26)27/h2-9H,10H2,1H3,(H,26,27). The summed E-state index contributed by atoms with van der Waals surface area (Å²) in [6.45, 7) is 1.85. The number of hydrogen-bond acceptors (Lipinski definition) is 3. The SMILES string of the molecule is Cc1cc(F)ccc1Cn1nc(C=CC(=O)O)c2ccc(OC(F)(F)F)cc21. The molecule has 3 rings (SSSR count). The minimum absolute atomic E-state index is 0.152. The Morgan fingerprint density at radius 1 is 1.25 bits per heavy atom. The molecule has 0 aliphatic carbocycles. The number of alkyl halides is 3. The molecule has 0 fully saturated rings. The van der Waals surface area contributed by atoms with Crippen LogP contribution in [0.5, 0.6) is 5.75 Å². The molecule has 146 valence electrons. The van der Waals surface area contributed by atoms with Gasteiger partial charge < -0.3 is 9.84 Å². The van der Waals surface area contributed by atoms with Gasteiger partial charge in [0.1, 0.15) is 11.6 Å². The Balaban J connectivity index is 2.10. The fraction of sp³-hybridized carbons (Fsp3) is 0.158. The number of rotatable bonds is 5. The van der Waals surface area contributed by atoms with E-state index in [-0.39, 0.29) is 12.2 Å². The Morgan fingerprint density at radius 3 is 2.64 bits per heavy atom. The van der Waals surface area contributed by atoms with Crippen molar-refractivity contribution in [1.29, 1.82) is 0 Å². The van der Waals surface area contributed by atoms with Crippen LogP contribution < -0.4 is 4.74 Å². The third-order valence-electron chi connectivity index (χ3n) is 3.99. The zero-order valence-corrected chi connectivity index (χ0v) is 14.5. The van der Waals surface area contributed by atoms with Crippen LogP contribution in [0.3, 0.4) is 0 Å². The average molecular weight is 394 g/mol. The number of carboxylic acids is 1. The third kappa shape index (κ3) is 4.48. The van der Waals surface area contributed by atoms with Crippen LogP contribution in [0, 0.1) is 12.7 Å². The van der Waals surface area contributed by atoms with Crippen molar-refractivity contribution in [3.63, 3.8) is 0 Å². The Morgan fingerprint density at radius 2 is 2.00 bits per heavy atom. The summed E-state index contributed by atoms with van der Waals surface area (Å²) in [6, 6.07) is 7.84. The number of fused-ring (bicyclic) bond motifs is 1. The van der Waals surface area contributed by atoms with Crippen molar-refractivity contribution in [3.05, 3.63) is 65.1 Å². The highest BCUT2D eigenvalue weighted by Gasteiger charge is 2.31. The van der Waals surface area contributed by atoms with Crippen LogP contribution in [-0.4, -0.2) is 27.2 Å². The van der Waals surface area contributed by atoms with Crippen molar-refractivity contribution < 1.29 is 32.2 Å². The molecule has 0 radical (unpaired) electrons. The van der Waals surface area contributed by atoms with Gasteiger partial charge in [0.25, 0.3) is 0 Å². The molecule has 1 aromatic heterocycles. The Labute approximate surface area is 156 Å². The highest BCUT2D eigenvalue weighted by Crippen LogP contribution is 2.29. The van der Waals surface area contributed by atoms with Crippen LogP contribution >= 0.6 is 0 Å². The van der Waals surface area contributed by atoms with E-state index in [0.29, 0.717) is 22.0 Å². The fourth-order valence-electron chi connectivity index (χ4n) is 2.77. The number of carbonyl (C=O) groups is 1. The number of aromatic nitrogens is 2. The smallest absolute Gasteiger partial charge is 0.478 e. The lowest BCUT2D eigenvalue weighted by atomic mass is 10.1. The molecule has 1 N–H and O–H groups in total. The summed E-state index contributed by atoms with van der Waals surface area (Å²) in [4.78, 5) is 10.8. The van der Waals surface area contributed by atoms with Gasteiger partial charge in [-0.15, -0.1) is 13.2 Å². The first-order chi connectivity index (χ1) is 13.1. The van der Waals surface area contributed by atoms with E-state index in [0.717, 1.165) is 12.1 Å². The number of hydrogen-bond donors (Lipinski definition) is 1. The van der Waals surface area contributed by atoms with E-state index in [1.165, 1.54) is 35.0 Å². The van der Waals surface area contributed by atoms with Gasteiger partial charge in [0, 0.05) is 17.5 Å². The van der Waals surface area contributed by atoms with Gasteiger partial charge in [-0.3, -0.25) is 4.68 Å². The zero-order valence-electron chi connectivity index (χ0n) is 14.5. The Bertz CT molecular complexity index is 1070. The highest BCUT2D eigenvalue weighted by atomic mass is 19.4. The predicted molar refractivity (Wildman–Crippen MR) is 93.3 cm³/mol. The van der Waals surface area contributed by atoms with E-state index < -0.39 is 23.9 Å². The van der Waals surface area contributed by atoms with Crippen LogP contribution in [0.25, 0.3) is 17.0 Å². The molecule has 0 aliphatic heterocycles. The minimum atomic E-state index is -4.85. The van der Waals surface area contributed by atoms with Crippen molar-refractivity contribution in [2.24, 2.45) is 0 Å². The summed E-state index contributed by atoms with van der Waals surface area (Å²) < 4.78 is 56.3. The van der Waals surface area contributed by atoms with Crippen molar-refractivity contribution in [2.75, 3.05) is 0 Å². The fourth-order valence-corrected chi connectivity index (χ4v) is 2.77. The quantitative estimate of drug-likeness (QED) is 0.510. The molecule has 3 aromatic rings. The third-order valence-corrected chi connectivity index (χ3v) is 3.99. The second kappa shape index (κ2) is 7.34. The second-order valence-corrected chi connectivity index (χ2v) is 6.01. The van der Waals surface area contributed by atoms with Gasteiger partial charge in [0.05, 0.1) is 17.8 Å². The number of nitrogens with zero attached hydrogens (tertiary/aromatic N) is 2. The van der Waals surface area contributed by atoms with Gasteiger partial charge in [-0.25, -0.2) is 9.18 Å². The van der Waals surface area contributed by atoms with Crippen molar-refractivity contribution in [2.45, 2.75) is 19.8 Å². The first kappa shape index (κ1) is 19.4. The maximum atomic E-state index is 13.3. The molecule has 2 aromatic carbocycles. The van der Waals surface area contributed by atoms with Crippen molar-refractivity contribution >= 4 is 22.9 Å². The summed E-state index contributed by atoms with van der Waals surface area (Å²) in [7, 11) is 0. The first-order valence-electron chi connectivity index (χ1n) is 8.05. The number of halogens is 4. The van der Waals surface area contributed by atoms with Crippen LogP contribution in [0.2, 0.25) is 0 Å². The molecule has 9 heteroatoms. The van der Waals surface area contributed by atoms with Crippen LogP contribution in [0.1, 0.15) is 16.8 Å². The number of ether oxygens (including phenoxy) is 1. The normalized spacial score (nSPS) is 12.0. The summed E-state index contributed by atoms with van der Waals surface area (Å²) >= 11 is 0. The molecular formula is C19H14F4N2O3. The van der Waals surface area contributed by atoms with Crippen LogP contribution in [0.4, 0.5) is 17.6 Å². The first-order valence-corrected chi connectivity index (χ1v) is 8.05. The monoisotopic (exact) mass is 394 g/mol. The second-order valence-electron chi connectivity index (χ2n) is 6.01. The van der Waals surface area contributed by atoms with E-state index in [1.807, 2.05) is 0 Å². The molecule has 0 bridgehead atoms. The molecule has 0 unspecified atom stereocenters. The lowest BCUT2D eigenvalue weighted by Gasteiger charge is -2.10.